The molecule has 25 heavy (non-hydrogen) atoms. The van der Waals surface area contributed by atoms with Crippen molar-refractivity contribution in [3.05, 3.63) is 99.7 Å². The smallest absolute Gasteiger partial charge is 0.264 e. The molecule has 0 fully saturated rings. The monoisotopic (exact) mass is 333 g/mol. The van der Waals surface area contributed by atoms with Gasteiger partial charge in [0.25, 0.3) is 11.5 Å². The molecule has 2 N–H and O–H groups in total. The zero-order valence-electron chi connectivity index (χ0n) is 13.2. The van der Waals surface area contributed by atoms with Gasteiger partial charge in [0, 0.05) is 6.20 Å². The molecule has 2 aromatic carbocycles. The van der Waals surface area contributed by atoms with Crippen molar-refractivity contribution in [2.75, 3.05) is 0 Å². The van der Waals surface area contributed by atoms with Crippen LogP contribution in [0.2, 0.25) is 0 Å². The lowest BCUT2D eigenvalue weighted by molar-refractivity contribution is 0.0940. The highest BCUT2D eigenvalue weighted by Gasteiger charge is 2.19. The second-order valence-corrected chi connectivity index (χ2v) is 5.36. The number of aromatic amines is 1. The van der Waals surface area contributed by atoms with Crippen molar-refractivity contribution in [1.29, 1.82) is 0 Å². The van der Waals surface area contributed by atoms with E-state index >= 15 is 0 Å². The van der Waals surface area contributed by atoms with Gasteiger partial charge in [0.1, 0.15) is 5.56 Å². The number of rotatable bonds is 5. The molecule has 0 aliphatic heterocycles. The molecule has 0 spiro atoms. The van der Waals surface area contributed by atoms with Crippen LogP contribution in [0.5, 0.6) is 0 Å². The predicted molar refractivity (Wildman–Crippen MR) is 92.4 cm³/mol. The van der Waals surface area contributed by atoms with Crippen molar-refractivity contribution in [2.24, 2.45) is 0 Å². The number of nitrogens with one attached hydrogen (secondary N) is 2. The van der Waals surface area contributed by atoms with Gasteiger partial charge in [-0.1, -0.05) is 60.7 Å². The van der Waals surface area contributed by atoms with Gasteiger partial charge >= 0.3 is 0 Å². The molecule has 3 aromatic rings. The van der Waals surface area contributed by atoms with Gasteiger partial charge in [-0.15, -0.1) is 0 Å². The molecule has 0 saturated carbocycles. The molecule has 1 amide bonds. The number of carbonyl (C=O) groups is 2. The lowest BCUT2D eigenvalue weighted by Crippen LogP contribution is -2.34. The zero-order valence-corrected chi connectivity index (χ0v) is 13.2. The average molecular weight is 333 g/mol. The van der Waals surface area contributed by atoms with Crippen molar-refractivity contribution in [3.63, 3.8) is 0 Å². The van der Waals surface area contributed by atoms with Crippen molar-refractivity contribution < 1.29 is 9.59 Å². The first-order valence-corrected chi connectivity index (χ1v) is 7.64. The summed E-state index contributed by atoms with van der Waals surface area (Å²) in [4.78, 5) is 41.2. The maximum absolute atomic E-state index is 12.6. The van der Waals surface area contributed by atoms with Gasteiger partial charge in [-0.25, -0.2) is 4.98 Å². The van der Waals surface area contributed by atoms with Crippen molar-refractivity contribution in [2.45, 2.75) is 6.04 Å². The lowest BCUT2D eigenvalue weighted by Gasteiger charge is -2.19. The Bertz CT molecular complexity index is 897. The maximum Gasteiger partial charge on any atom is 0.264 e. The number of aldehydes is 1. The van der Waals surface area contributed by atoms with Crippen LogP contribution in [0.15, 0.2) is 71.7 Å². The summed E-state index contributed by atoms with van der Waals surface area (Å²) in [6.45, 7) is 0. The summed E-state index contributed by atoms with van der Waals surface area (Å²) >= 11 is 0. The van der Waals surface area contributed by atoms with Crippen LogP contribution in [0, 0.1) is 0 Å². The Kier molecular flexibility index (Phi) is 4.80. The molecule has 0 aliphatic rings. The van der Waals surface area contributed by atoms with Crippen molar-refractivity contribution >= 4 is 12.2 Å². The number of nitrogens with zero attached hydrogens (tertiary/aromatic N) is 1. The summed E-state index contributed by atoms with van der Waals surface area (Å²) in [6, 6.07) is 18.5. The molecule has 3 rings (SSSR count). The molecule has 124 valence electrons. The van der Waals surface area contributed by atoms with Gasteiger partial charge in [0.15, 0.2) is 12.1 Å². The summed E-state index contributed by atoms with van der Waals surface area (Å²) < 4.78 is 0. The summed E-state index contributed by atoms with van der Waals surface area (Å²) in [5, 5.41) is 2.86. The normalized spacial score (nSPS) is 10.4. The van der Waals surface area contributed by atoms with Gasteiger partial charge in [-0.05, 0) is 11.1 Å². The Balaban J connectivity index is 1.94. The SMILES string of the molecule is O=Cc1ncc(C(=O)NC(c2ccccc2)c2ccccc2)c(=O)[nH]1. The first kappa shape index (κ1) is 16.3. The zero-order chi connectivity index (χ0) is 17.6. The predicted octanol–water partition coefficient (Wildman–Crippen LogP) is 2.10. The van der Waals surface area contributed by atoms with E-state index in [1.165, 1.54) is 0 Å². The Labute approximate surface area is 143 Å². The van der Waals surface area contributed by atoms with E-state index < -0.39 is 17.5 Å². The molecule has 6 heteroatoms. The minimum absolute atomic E-state index is 0.121. The van der Waals surface area contributed by atoms with Crippen LogP contribution in [0.3, 0.4) is 0 Å². The summed E-state index contributed by atoms with van der Waals surface area (Å²) in [5.74, 6) is -0.687. The van der Waals surface area contributed by atoms with Gasteiger partial charge in [0.2, 0.25) is 0 Å². The van der Waals surface area contributed by atoms with E-state index in [9.17, 15) is 14.4 Å². The molecule has 0 aliphatic carbocycles. The topological polar surface area (TPSA) is 91.9 Å². The highest BCUT2D eigenvalue weighted by atomic mass is 16.2. The maximum atomic E-state index is 12.6. The van der Waals surface area contributed by atoms with Crippen LogP contribution in [-0.4, -0.2) is 22.2 Å². The first-order valence-electron chi connectivity index (χ1n) is 7.64. The number of H-pyrrole nitrogens is 1. The Morgan fingerprint density at radius 1 is 1.00 bits per heavy atom. The Morgan fingerprint density at radius 2 is 1.56 bits per heavy atom. The molecule has 0 unspecified atom stereocenters. The standard InChI is InChI=1S/C19H15N3O3/c23-12-16-20-11-15(18(24)21-16)19(25)22-17(13-7-3-1-4-8-13)14-9-5-2-6-10-14/h1-12,17H,(H,22,25)(H,20,21,24). The molecule has 1 aromatic heterocycles. The molecule has 0 radical (unpaired) electrons. The highest BCUT2D eigenvalue weighted by Crippen LogP contribution is 2.21. The van der Waals surface area contributed by atoms with E-state index in [4.69, 9.17) is 0 Å². The number of amides is 1. The van der Waals surface area contributed by atoms with E-state index in [1.54, 1.807) is 0 Å². The van der Waals surface area contributed by atoms with E-state index in [-0.39, 0.29) is 11.4 Å². The molecule has 6 nitrogen and oxygen atoms in total. The number of hydrogen-bond acceptors (Lipinski definition) is 4. The molecular formula is C19H15N3O3. The third-order valence-corrected chi connectivity index (χ3v) is 3.72. The fourth-order valence-corrected chi connectivity index (χ4v) is 2.49. The third kappa shape index (κ3) is 3.69. The van der Waals surface area contributed by atoms with Crippen molar-refractivity contribution in [1.82, 2.24) is 15.3 Å². The number of benzene rings is 2. The van der Waals surface area contributed by atoms with E-state index in [1.807, 2.05) is 60.7 Å². The number of aromatic nitrogens is 2. The van der Waals surface area contributed by atoms with Crippen LogP contribution < -0.4 is 10.9 Å². The fourth-order valence-electron chi connectivity index (χ4n) is 2.49. The van der Waals surface area contributed by atoms with Gasteiger partial charge in [-0.3, -0.25) is 14.4 Å². The van der Waals surface area contributed by atoms with E-state index in [0.29, 0.717) is 6.29 Å². The lowest BCUT2D eigenvalue weighted by atomic mass is 9.98. The second-order valence-electron chi connectivity index (χ2n) is 5.36. The number of hydrogen-bond donors (Lipinski definition) is 2. The fraction of sp³-hybridized carbons (Fsp3) is 0.0526. The minimum atomic E-state index is -0.658. The number of carbonyl (C=O) groups excluding carboxylic acids is 2. The third-order valence-electron chi connectivity index (χ3n) is 3.72. The van der Waals surface area contributed by atoms with Crippen molar-refractivity contribution in [3.8, 4) is 0 Å². The molecule has 1 heterocycles. The molecular weight excluding hydrogens is 318 g/mol. The van der Waals surface area contributed by atoms with E-state index in [2.05, 4.69) is 15.3 Å². The largest absolute Gasteiger partial charge is 0.341 e. The van der Waals surface area contributed by atoms with Crippen LogP contribution in [0.4, 0.5) is 0 Å². The van der Waals surface area contributed by atoms with Crippen LogP contribution in [-0.2, 0) is 0 Å². The Morgan fingerprint density at radius 3 is 2.04 bits per heavy atom. The Hall–Kier alpha value is -3.54. The second kappa shape index (κ2) is 7.35. The van der Waals surface area contributed by atoms with Crippen LogP contribution in [0.25, 0.3) is 0 Å². The van der Waals surface area contributed by atoms with Gasteiger partial charge < -0.3 is 10.3 Å². The summed E-state index contributed by atoms with van der Waals surface area (Å²) in [6.07, 6.45) is 1.52. The summed E-state index contributed by atoms with van der Waals surface area (Å²) in [5.41, 5.74) is 0.962. The molecule has 0 atom stereocenters. The van der Waals surface area contributed by atoms with E-state index in [0.717, 1.165) is 17.3 Å². The van der Waals surface area contributed by atoms with Gasteiger partial charge in [0.05, 0.1) is 6.04 Å². The summed E-state index contributed by atoms with van der Waals surface area (Å²) in [7, 11) is 0. The van der Waals surface area contributed by atoms with Crippen LogP contribution in [0.1, 0.15) is 38.1 Å². The minimum Gasteiger partial charge on any atom is -0.341 e. The highest BCUT2D eigenvalue weighted by molar-refractivity contribution is 5.94. The average Bonchev–Trinajstić information content (AvgIpc) is 2.67. The molecule has 0 bridgehead atoms. The molecule has 0 saturated heterocycles. The first-order chi connectivity index (χ1) is 12.2. The van der Waals surface area contributed by atoms with Gasteiger partial charge in [-0.2, -0.15) is 0 Å². The quantitative estimate of drug-likeness (QED) is 0.700. The van der Waals surface area contributed by atoms with Crippen LogP contribution >= 0.6 is 0 Å².